The first kappa shape index (κ1) is 17.1. The Morgan fingerprint density at radius 3 is 2.89 bits per heavy atom. The molecule has 0 spiro atoms. The predicted octanol–water partition coefficient (Wildman–Crippen LogP) is 0.404. The van der Waals surface area contributed by atoms with E-state index in [9.17, 15) is 4.79 Å². The lowest BCUT2D eigenvalue weighted by molar-refractivity contribution is 0.0958. The third kappa shape index (κ3) is 3.37. The zero-order chi connectivity index (χ0) is 18.8. The van der Waals surface area contributed by atoms with Crippen molar-refractivity contribution in [2.24, 2.45) is 5.92 Å². The third-order valence-corrected chi connectivity index (χ3v) is 5.03. The van der Waals surface area contributed by atoms with Crippen LogP contribution in [-0.4, -0.2) is 51.7 Å². The monoisotopic (exact) mass is 365 g/mol. The van der Waals surface area contributed by atoms with Crippen LogP contribution in [0.5, 0.6) is 0 Å². The Hall–Kier alpha value is -3.32. The van der Waals surface area contributed by atoms with Gasteiger partial charge in [-0.05, 0) is 25.3 Å². The van der Waals surface area contributed by atoms with Gasteiger partial charge in [0.2, 0.25) is 0 Å². The van der Waals surface area contributed by atoms with Crippen molar-refractivity contribution < 1.29 is 4.79 Å². The number of rotatable bonds is 5. The molecule has 0 aromatic carbocycles. The Bertz CT molecular complexity index is 892. The van der Waals surface area contributed by atoms with Gasteiger partial charge in [0.1, 0.15) is 11.9 Å². The highest BCUT2D eigenvalue weighted by atomic mass is 16.1. The van der Waals surface area contributed by atoms with Crippen LogP contribution in [0.25, 0.3) is 0 Å². The SMILES string of the molecule is CNC(=O)c1nnc(Nc2cnc(C#N)cn2)cc1NC1CC2NCCC21. The predicted molar refractivity (Wildman–Crippen MR) is 97.4 cm³/mol. The molecule has 2 aliphatic rings. The van der Waals surface area contributed by atoms with Crippen LogP contribution < -0.4 is 21.3 Å². The number of nitriles is 1. The minimum atomic E-state index is -0.296. The highest BCUT2D eigenvalue weighted by molar-refractivity contribution is 5.97. The van der Waals surface area contributed by atoms with Crippen molar-refractivity contribution in [2.75, 3.05) is 24.2 Å². The summed E-state index contributed by atoms with van der Waals surface area (Å²) in [7, 11) is 1.56. The normalized spacial score (nSPS) is 22.9. The van der Waals surface area contributed by atoms with Crippen molar-refractivity contribution in [3.63, 3.8) is 0 Å². The number of anilines is 3. The molecular weight excluding hydrogens is 346 g/mol. The number of fused-ring (bicyclic) bond motifs is 1. The molecule has 1 amide bonds. The molecule has 1 aliphatic heterocycles. The van der Waals surface area contributed by atoms with Crippen molar-refractivity contribution in [3.8, 4) is 6.07 Å². The minimum Gasteiger partial charge on any atom is -0.380 e. The van der Waals surface area contributed by atoms with E-state index in [0.29, 0.717) is 35.3 Å². The topological polar surface area (TPSA) is 141 Å². The lowest BCUT2D eigenvalue weighted by atomic mass is 9.75. The number of carbonyl (C=O) groups is 1. The molecule has 10 heteroatoms. The fourth-order valence-corrected chi connectivity index (χ4v) is 3.58. The Morgan fingerprint density at radius 1 is 1.30 bits per heavy atom. The van der Waals surface area contributed by atoms with Gasteiger partial charge in [-0.3, -0.25) is 4.79 Å². The van der Waals surface area contributed by atoms with Crippen molar-refractivity contribution in [1.29, 1.82) is 5.26 Å². The van der Waals surface area contributed by atoms with Gasteiger partial charge in [0.05, 0.1) is 18.1 Å². The number of carbonyl (C=O) groups excluding carboxylic acids is 1. The standard InChI is InChI=1S/C17H19N9O/c1-19-17(27)16-13(23-12-4-11-10(12)2-3-20-11)5-14(25-26-16)24-15-8-21-9(6-18)7-22-15/h5,7-8,10-12,20H,2-4H2,1H3,(H,19,27)(H2,22,23,24,25). The Balaban J connectivity index is 1.55. The Kier molecular flexibility index (Phi) is 4.52. The van der Waals surface area contributed by atoms with E-state index >= 15 is 0 Å². The summed E-state index contributed by atoms with van der Waals surface area (Å²) in [6.45, 7) is 1.04. The zero-order valence-electron chi connectivity index (χ0n) is 14.7. The van der Waals surface area contributed by atoms with Crippen molar-refractivity contribution in [3.05, 3.63) is 29.8 Å². The molecule has 2 aromatic heterocycles. The largest absolute Gasteiger partial charge is 0.380 e. The maximum Gasteiger partial charge on any atom is 0.273 e. The van der Waals surface area contributed by atoms with Crippen LogP contribution in [0, 0.1) is 17.2 Å². The summed E-state index contributed by atoms with van der Waals surface area (Å²) in [6, 6.07) is 4.53. The first-order valence-corrected chi connectivity index (χ1v) is 8.77. The van der Waals surface area contributed by atoms with Crippen LogP contribution in [0.1, 0.15) is 29.0 Å². The fraction of sp³-hybridized carbons (Fsp3) is 0.412. The lowest BCUT2D eigenvalue weighted by Crippen LogP contribution is -2.51. The molecule has 1 saturated carbocycles. The number of nitrogens with one attached hydrogen (secondary N) is 4. The van der Waals surface area contributed by atoms with Gasteiger partial charge in [0, 0.05) is 25.2 Å². The first-order chi connectivity index (χ1) is 13.2. The number of nitrogens with zero attached hydrogens (tertiary/aromatic N) is 5. The molecule has 3 atom stereocenters. The molecule has 10 nitrogen and oxygen atoms in total. The molecule has 2 aromatic rings. The summed E-state index contributed by atoms with van der Waals surface area (Å²) in [6.07, 6.45) is 4.96. The van der Waals surface area contributed by atoms with E-state index in [0.717, 1.165) is 19.4 Å². The fourth-order valence-electron chi connectivity index (χ4n) is 3.58. The zero-order valence-corrected chi connectivity index (χ0v) is 14.7. The summed E-state index contributed by atoms with van der Waals surface area (Å²) in [4.78, 5) is 20.2. The third-order valence-electron chi connectivity index (χ3n) is 5.03. The number of hydrogen-bond donors (Lipinski definition) is 4. The van der Waals surface area contributed by atoms with Gasteiger partial charge >= 0.3 is 0 Å². The second kappa shape index (κ2) is 7.13. The Labute approximate surface area is 155 Å². The highest BCUT2D eigenvalue weighted by Crippen LogP contribution is 2.37. The molecule has 27 heavy (non-hydrogen) atoms. The second-order valence-corrected chi connectivity index (χ2v) is 6.59. The van der Waals surface area contributed by atoms with Crippen molar-refractivity contribution in [2.45, 2.75) is 24.9 Å². The highest BCUT2D eigenvalue weighted by Gasteiger charge is 2.44. The smallest absolute Gasteiger partial charge is 0.273 e. The van der Waals surface area contributed by atoms with Crippen molar-refractivity contribution >= 4 is 23.2 Å². The minimum absolute atomic E-state index is 0.230. The van der Waals surface area contributed by atoms with Crippen molar-refractivity contribution in [1.82, 2.24) is 30.8 Å². The van der Waals surface area contributed by atoms with Crippen LogP contribution in [0.15, 0.2) is 18.5 Å². The molecule has 2 fully saturated rings. The summed E-state index contributed by atoms with van der Waals surface area (Å²) in [5.74, 6) is 1.14. The summed E-state index contributed by atoms with van der Waals surface area (Å²) < 4.78 is 0. The summed E-state index contributed by atoms with van der Waals surface area (Å²) in [5.41, 5.74) is 1.11. The molecule has 3 heterocycles. The molecule has 3 unspecified atom stereocenters. The van der Waals surface area contributed by atoms with E-state index in [2.05, 4.69) is 41.4 Å². The van der Waals surface area contributed by atoms with Gasteiger partial charge in [-0.2, -0.15) is 5.26 Å². The molecule has 4 N–H and O–H groups in total. The average Bonchev–Trinajstić information content (AvgIpc) is 3.07. The van der Waals surface area contributed by atoms with Gasteiger partial charge in [0.25, 0.3) is 5.91 Å². The van der Waals surface area contributed by atoms with E-state index in [1.807, 2.05) is 6.07 Å². The van der Waals surface area contributed by atoms with E-state index in [1.165, 1.54) is 12.4 Å². The maximum absolute atomic E-state index is 12.2. The van der Waals surface area contributed by atoms with Gasteiger partial charge < -0.3 is 21.3 Å². The van der Waals surface area contributed by atoms with Crippen LogP contribution in [-0.2, 0) is 0 Å². The maximum atomic E-state index is 12.2. The number of aromatic nitrogens is 4. The van der Waals surface area contributed by atoms with E-state index in [-0.39, 0.29) is 17.3 Å². The van der Waals surface area contributed by atoms with Gasteiger partial charge in [-0.1, -0.05) is 0 Å². The summed E-state index contributed by atoms with van der Waals surface area (Å²) >= 11 is 0. The average molecular weight is 365 g/mol. The van der Waals surface area contributed by atoms with Crippen LogP contribution >= 0.6 is 0 Å². The second-order valence-electron chi connectivity index (χ2n) is 6.59. The van der Waals surface area contributed by atoms with E-state index in [4.69, 9.17) is 5.26 Å². The van der Waals surface area contributed by atoms with Gasteiger partial charge in [0.15, 0.2) is 17.2 Å². The van der Waals surface area contributed by atoms with Crippen LogP contribution in [0.3, 0.4) is 0 Å². The quantitative estimate of drug-likeness (QED) is 0.592. The molecule has 1 saturated heterocycles. The van der Waals surface area contributed by atoms with Crippen LogP contribution in [0.4, 0.5) is 17.3 Å². The van der Waals surface area contributed by atoms with E-state index in [1.54, 1.807) is 13.1 Å². The van der Waals surface area contributed by atoms with Crippen LogP contribution in [0.2, 0.25) is 0 Å². The Morgan fingerprint density at radius 2 is 2.19 bits per heavy atom. The first-order valence-electron chi connectivity index (χ1n) is 8.77. The molecule has 0 radical (unpaired) electrons. The van der Waals surface area contributed by atoms with Gasteiger partial charge in [-0.25, -0.2) is 9.97 Å². The lowest BCUT2D eigenvalue weighted by Gasteiger charge is -2.41. The number of hydrogen-bond acceptors (Lipinski definition) is 9. The number of amides is 1. The molecule has 0 bridgehead atoms. The molecule has 4 rings (SSSR count). The molecule has 138 valence electrons. The van der Waals surface area contributed by atoms with E-state index < -0.39 is 0 Å². The molecule has 1 aliphatic carbocycles. The van der Waals surface area contributed by atoms with Gasteiger partial charge in [-0.15, -0.1) is 10.2 Å². The summed E-state index contributed by atoms with van der Waals surface area (Å²) in [5, 5.41) is 29.4. The molecular formula is C17H19N9O.